The SMILES string of the molecule is CCN(CC)CCc1ccc2cccccc1-2. The fraction of sp³-hybridized carbons (Fsp3) is 0.375. The lowest BCUT2D eigenvalue weighted by Gasteiger charge is -2.17. The van der Waals surface area contributed by atoms with Crippen molar-refractivity contribution in [2.75, 3.05) is 19.6 Å². The Labute approximate surface area is 104 Å². The van der Waals surface area contributed by atoms with Crippen LogP contribution in [0, 0.1) is 0 Å². The van der Waals surface area contributed by atoms with E-state index < -0.39 is 0 Å². The Bertz CT molecular complexity index is 432. The average Bonchev–Trinajstić information content (AvgIpc) is 2.60. The highest BCUT2D eigenvalue weighted by molar-refractivity contribution is 5.70. The van der Waals surface area contributed by atoms with Crippen LogP contribution in [0.5, 0.6) is 0 Å². The first-order valence-electron chi connectivity index (χ1n) is 6.54. The predicted molar refractivity (Wildman–Crippen MR) is 74.6 cm³/mol. The topological polar surface area (TPSA) is 3.24 Å². The van der Waals surface area contributed by atoms with E-state index in [0.717, 1.165) is 26.1 Å². The average molecular weight is 227 g/mol. The highest BCUT2D eigenvalue weighted by Crippen LogP contribution is 2.27. The van der Waals surface area contributed by atoms with Crippen molar-refractivity contribution in [3.05, 3.63) is 48.0 Å². The summed E-state index contributed by atoms with van der Waals surface area (Å²) in [5.41, 5.74) is 4.23. The maximum atomic E-state index is 2.47. The molecule has 2 rings (SSSR count). The maximum Gasteiger partial charge on any atom is 0.00218 e. The van der Waals surface area contributed by atoms with Crippen LogP contribution in [0.3, 0.4) is 0 Å². The summed E-state index contributed by atoms with van der Waals surface area (Å²) in [6.07, 6.45) is 1.15. The van der Waals surface area contributed by atoms with Crippen molar-refractivity contribution in [3.8, 4) is 11.1 Å². The van der Waals surface area contributed by atoms with Crippen molar-refractivity contribution in [2.45, 2.75) is 20.3 Å². The van der Waals surface area contributed by atoms with Crippen molar-refractivity contribution in [1.82, 2.24) is 4.90 Å². The summed E-state index contributed by atoms with van der Waals surface area (Å²) < 4.78 is 0. The monoisotopic (exact) mass is 227 g/mol. The summed E-state index contributed by atoms with van der Waals surface area (Å²) in [5, 5.41) is 0. The molecule has 0 heterocycles. The van der Waals surface area contributed by atoms with Gasteiger partial charge >= 0.3 is 0 Å². The molecule has 0 unspecified atom stereocenters. The Morgan fingerprint density at radius 1 is 0.882 bits per heavy atom. The zero-order chi connectivity index (χ0) is 12.1. The van der Waals surface area contributed by atoms with Gasteiger partial charge in [-0.1, -0.05) is 56.3 Å². The van der Waals surface area contributed by atoms with E-state index in [9.17, 15) is 0 Å². The fourth-order valence-corrected chi connectivity index (χ4v) is 2.32. The smallest absolute Gasteiger partial charge is 0.00218 e. The van der Waals surface area contributed by atoms with Gasteiger partial charge in [-0.15, -0.1) is 0 Å². The van der Waals surface area contributed by atoms with Crippen LogP contribution in [0.2, 0.25) is 0 Å². The van der Waals surface area contributed by atoms with Crippen LogP contribution in [-0.4, -0.2) is 24.5 Å². The van der Waals surface area contributed by atoms with Crippen LogP contribution < -0.4 is 0 Å². The summed E-state index contributed by atoms with van der Waals surface area (Å²) in [4.78, 5) is 2.47. The molecular formula is C16H21N. The van der Waals surface area contributed by atoms with Gasteiger partial charge in [-0.05, 0) is 36.2 Å². The number of likely N-dealkylation sites (N-methyl/N-ethyl adjacent to an activating group) is 1. The lowest BCUT2D eigenvalue weighted by atomic mass is 10.1. The molecule has 0 aliphatic heterocycles. The van der Waals surface area contributed by atoms with E-state index in [2.05, 4.69) is 61.2 Å². The van der Waals surface area contributed by atoms with Crippen molar-refractivity contribution in [3.63, 3.8) is 0 Å². The second kappa shape index (κ2) is 5.83. The molecule has 2 aliphatic carbocycles. The standard InChI is InChI=1S/C16H21N/c1-3-17(4-2)13-12-15-11-10-14-8-6-5-7-9-16(14)15/h5-11H,3-4,12-13H2,1-2H3. The highest BCUT2D eigenvalue weighted by Gasteiger charge is 2.08. The molecule has 0 N–H and O–H groups in total. The summed E-state index contributed by atoms with van der Waals surface area (Å²) in [7, 11) is 0. The van der Waals surface area contributed by atoms with Gasteiger partial charge in [0.25, 0.3) is 0 Å². The minimum Gasteiger partial charge on any atom is -0.304 e. The molecule has 1 nitrogen and oxygen atoms in total. The van der Waals surface area contributed by atoms with Crippen LogP contribution in [0.25, 0.3) is 11.1 Å². The normalized spacial score (nSPS) is 11.2. The molecule has 0 saturated heterocycles. The molecule has 2 aliphatic rings. The van der Waals surface area contributed by atoms with Crippen molar-refractivity contribution < 1.29 is 0 Å². The van der Waals surface area contributed by atoms with Crippen molar-refractivity contribution in [2.24, 2.45) is 0 Å². The van der Waals surface area contributed by atoms with Gasteiger partial charge < -0.3 is 4.90 Å². The van der Waals surface area contributed by atoms with Gasteiger partial charge in [-0.2, -0.15) is 0 Å². The van der Waals surface area contributed by atoms with Gasteiger partial charge in [-0.25, -0.2) is 0 Å². The lowest BCUT2D eigenvalue weighted by Crippen LogP contribution is -2.25. The molecule has 0 atom stereocenters. The zero-order valence-corrected chi connectivity index (χ0v) is 10.8. The molecule has 0 aromatic carbocycles. The molecule has 0 fully saturated rings. The van der Waals surface area contributed by atoms with Crippen LogP contribution >= 0.6 is 0 Å². The third-order valence-corrected chi connectivity index (χ3v) is 3.47. The summed E-state index contributed by atoms with van der Waals surface area (Å²) in [6, 6.07) is 15.2. The molecule has 90 valence electrons. The highest BCUT2D eigenvalue weighted by atomic mass is 15.1. The second-order valence-electron chi connectivity index (χ2n) is 4.42. The molecule has 1 heteroatoms. The Hall–Kier alpha value is -1.34. The molecular weight excluding hydrogens is 206 g/mol. The minimum atomic E-state index is 1.14. The van der Waals surface area contributed by atoms with Gasteiger partial charge in [-0.3, -0.25) is 0 Å². The molecule has 0 aromatic rings. The number of fused-ring (bicyclic) bond motifs is 1. The van der Waals surface area contributed by atoms with E-state index in [1.807, 2.05) is 0 Å². The van der Waals surface area contributed by atoms with Gasteiger partial charge in [0.15, 0.2) is 0 Å². The predicted octanol–water partition coefficient (Wildman–Crippen LogP) is 3.68. The summed E-state index contributed by atoms with van der Waals surface area (Å²) in [6.45, 7) is 7.90. The summed E-state index contributed by atoms with van der Waals surface area (Å²) >= 11 is 0. The molecule has 0 amide bonds. The lowest BCUT2D eigenvalue weighted by molar-refractivity contribution is 0.308. The largest absolute Gasteiger partial charge is 0.304 e. The fourth-order valence-electron chi connectivity index (χ4n) is 2.32. The number of hydrogen-bond donors (Lipinski definition) is 0. The molecule has 0 spiro atoms. The first-order valence-corrected chi connectivity index (χ1v) is 6.54. The van der Waals surface area contributed by atoms with Crippen LogP contribution in [-0.2, 0) is 6.42 Å². The molecule has 0 saturated carbocycles. The maximum absolute atomic E-state index is 2.47. The molecule has 17 heavy (non-hydrogen) atoms. The van der Waals surface area contributed by atoms with E-state index in [1.165, 1.54) is 16.7 Å². The van der Waals surface area contributed by atoms with Crippen LogP contribution in [0.4, 0.5) is 0 Å². The van der Waals surface area contributed by atoms with E-state index in [1.54, 1.807) is 0 Å². The van der Waals surface area contributed by atoms with E-state index >= 15 is 0 Å². The van der Waals surface area contributed by atoms with Crippen LogP contribution in [0.1, 0.15) is 19.4 Å². The van der Waals surface area contributed by atoms with Gasteiger partial charge in [0.1, 0.15) is 0 Å². The molecule has 0 radical (unpaired) electrons. The molecule has 0 aromatic heterocycles. The Morgan fingerprint density at radius 3 is 2.41 bits per heavy atom. The van der Waals surface area contributed by atoms with Crippen molar-refractivity contribution in [1.29, 1.82) is 0 Å². The van der Waals surface area contributed by atoms with Gasteiger partial charge in [0, 0.05) is 6.54 Å². The third-order valence-electron chi connectivity index (χ3n) is 3.47. The van der Waals surface area contributed by atoms with Crippen LogP contribution in [0.15, 0.2) is 42.5 Å². The Kier molecular flexibility index (Phi) is 4.16. The number of rotatable bonds is 5. The van der Waals surface area contributed by atoms with Gasteiger partial charge in [0.05, 0.1) is 0 Å². The first-order chi connectivity index (χ1) is 8.35. The zero-order valence-electron chi connectivity index (χ0n) is 10.8. The van der Waals surface area contributed by atoms with E-state index in [4.69, 9.17) is 0 Å². The van der Waals surface area contributed by atoms with Crippen molar-refractivity contribution >= 4 is 0 Å². The quantitative estimate of drug-likeness (QED) is 0.753. The summed E-state index contributed by atoms with van der Waals surface area (Å²) in [5.74, 6) is 0. The Balaban J connectivity index is 2.11. The van der Waals surface area contributed by atoms with E-state index in [-0.39, 0.29) is 0 Å². The minimum absolute atomic E-state index is 1.14. The molecule has 0 bridgehead atoms. The number of nitrogens with zero attached hydrogens (tertiary/aromatic N) is 1. The van der Waals surface area contributed by atoms with Gasteiger partial charge in [0.2, 0.25) is 0 Å². The second-order valence-corrected chi connectivity index (χ2v) is 4.42. The first kappa shape index (κ1) is 12.1. The number of hydrogen-bond acceptors (Lipinski definition) is 1. The van der Waals surface area contributed by atoms with E-state index in [0.29, 0.717) is 0 Å². The Morgan fingerprint density at radius 2 is 1.65 bits per heavy atom. The third kappa shape index (κ3) is 2.86.